The molecular formula is C42H50FN3O5. The Morgan fingerprint density at radius 3 is 2.43 bits per heavy atom. The topological polar surface area (TPSA) is 99.2 Å². The first-order chi connectivity index (χ1) is 24.3. The van der Waals surface area contributed by atoms with E-state index in [2.05, 4.69) is 62.5 Å². The van der Waals surface area contributed by atoms with E-state index in [4.69, 9.17) is 4.74 Å². The number of carbonyl (C=O) groups is 3. The van der Waals surface area contributed by atoms with E-state index in [1.54, 1.807) is 36.9 Å². The van der Waals surface area contributed by atoms with Gasteiger partial charge in [0.1, 0.15) is 11.6 Å². The van der Waals surface area contributed by atoms with Crippen molar-refractivity contribution < 1.29 is 28.6 Å². The van der Waals surface area contributed by atoms with Crippen molar-refractivity contribution in [1.29, 1.82) is 0 Å². The molecule has 9 heteroatoms. The van der Waals surface area contributed by atoms with Gasteiger partial charge in [0, 0.05) is 55.7 Å². The van der Waals surface area contributed by atoms with E-state index in [1.165, 1.54) is 17.2 Å². The molecule has 270 valence electrons. The Morgan fingerprint density at radius 2 is 1.75 bits per heavy atom. The zero-order valence-corrected chi connectivity index (χ0v) is 30.4. The molecule has 2 amide bonds. The minimum Gasteiger partial charge on any atom is -0.493 e. The van der Waals surface area contributed by atoms with Crippen LogP contribution in [0.1, 0.15) is 79.3 Å². The normalized spacial score (nSPS) is 18.8. The summed E-state index contributed by atoms with van der Waals surface area (Å²) in [6, 6.07) is 18.7. The van der Waals surface area contributed by atoms with Crippen LogP contribution >= 0.6 is 0 Å². The van der Waals surface area contributed by atoms with Crippen LogP contribution in [-0.4, -0.2) is 70.5 Å². The highest BCUT2D eigenvalue weighted by molar-refractivity contribution is 6.03. The number of aryl methyl sites for hydroxylation is 2. The highest BCUT2D eigenvalue weighted by Crippen LogP contribution is 2.38. The molecule has 2 heterocycles. The van der Waals surface area contributed by atoms with Crippen LogP contribution in [0.5, 0.6) is 5.75 Å². The molecule has 3 aromatic carbocycles. The second-order valence-corrected chi connectivity index (χ2v) is 15.3. The summed E-state index contributed by atoms with van der Waals surface area (Å²) >= 11 is 0. The molecule has 2 bridgehead atoms. The first kappa shape index (κ1) is 36.3. The number of piperazine rings is 1. The largest absolute Gasteiger partial charge is 0.493 e. The third-order valence-corrected chi connectivity index (χ3v) is 10.8. The highest BCUT2D eigenvalue weighted by Gasteiger charge is 2.43. The minimum atomic E-state index is -1.01. The van der Waals surface area contributed by atoms with E-state index in [0.29, 0.717) is 37.3 Å². The Morgan fingerprint density at radius 1 is 1.02 bits per heavy atom. The number of hydrogen-bond acceptors (Lipinski definition) is 5. The molecule has 3 aromatic rings. The van der Waals surface area contributed by atoms with Crippen LogP contribution in [0.25, 0.3) is 5.57 Å². The summed E-state index contributed by atoms with van der Waals surface area (Å²) in [5.41, 5.74) is 6.68. The number of ether oxygens (including phenoxy) is 1. The molecule has 51 heavy (non-hydrogen) atoms. The number of halogens is 1. The molecule has 8 nitrogen and oxygen atoms in total. The molecule has 6 rings (SSSR count). The Bertz CT molecular complexity index is 1830. The molecule has 2 aliphatic heterocycles. The SMILES string of the molecule is Cc1cc(C)c(C)c(OCCc2ccc(C3=C(C(=O)N(Cc4ccccc4F)C4CC4)C4CN(C(=O)CCC(C)(C)C(=O)O)CC(C3)N4)cc2)c1. The smallest absolute Gasteiger partial charge is 0.309 e. The number of carboxylic acid groups (broad SMARTS) is 1. The molecule has 2 atom stereocenters. The van der Waals surface area contributed by atoms with Gasteiger partial charge in [0.05, 0.1) is 18.1 Å². The molecule has 1 aliphatic carbocycles. The third kappa shape index (κ3) is 8.36. The maximum absolute atomic E-state index is 14.9. The van der Waals surface area contributed by atoms with Gasteiger partial charge in [-0.1, -0.05) is 48.5 Å². The van der Waals surface area contributed by atoms with E-state index in [-0.39, 0.29) is 49.1 Å². The molecule has 1 saturated carbocycles. The van der Waals surface area contributed by atoms with Crippen LogP contribution in [0.3, 0.4) is 0 Å². The predicted octanol–water partition coefficient (Wildman–Crippen LogP) is 6.78. The van der Waals surface area contributed by atoms with E-state index in [9.17, 15) is 23.9 Å². The van der Waals surface area contributed by atoms with Crippen LogP contribution in [0.4, 0.5) is 4.39 Å². The van der Waals surface area contributed by atoms with Crippen molar-refractivity contribution in [1.82, 2.24) is 15.1 Å². The fourth-order valence-corrected chi connectivity index (χ4v) is 7.28. The molecule has 3 aliphatic rings. The van der Waals surface area contributed by atoms with Crippen LogP contribution < -0.4 is 10.1 Å². The third-order valence-electron chi connectivity index (χ3n) is 10.8. The lowest BCUT2D eigenvalue weighted by molar-refractivity contribution is -0.148. The van der Waals surface area contributed by atoms with Gasteiger partial charge in [-0.2, -0.15) is 0 Å². The van der Waals surface area contributed by atoms with Gasteiger partial charge in [0.25, 0.3) is 5.91 Å². The second-order valence-electron chi connectivity index (χ2n) is 15.3. The maximum Gasteiger partial charge on any atom is 0.309 e. The van der Waals surface area contributed by atoms with E-state index in [1.807, 2.05) is 4.90 Å². The zero-order valence-electron chi connectivity index (χ0n) is 30.4. The van der Waals surface area contributed by atoms with Gasteiger partial charge in [0.15, 0.2) is 0 Å². The summed E-state index contributed by atoms with van der Waals surface area (Å²) in [4.78, 5) is 43.5. The average molecular weight is 696 g/mol. The minimum absolute atomic E-state index is 0.0337. The van der Waals surface area contributed by atoms with E-state index in [0.717, 1.165) is 47.3 Å². The Labute approximate surface area is 300 Å². The molecule has 2 unspecified atom stereocenters. The Balaban J connectivity index is 1.26. The Kier molecular flexibility index (Phi) is 10.7. The number of amides is 2. The zero-order chi connectivity index (χ0) is 36.4. The van der Waals surface area contributed by atoms with Crippen LogP contribution in [0, 0.1) is 32.0 Å². The first-order valence-electron chi connectivity index (χ1n) is 18.2. The van der Waals surface area contributed by atoms with Crippen molar-refractivity contribution in [3.8, 4) is 5.75 Å². The number of hydrogen-bond donors (Lipinski definition) is 2. The quantitative estimate of drug-likeness (QED) is 0.205. The lowest BCUT2D eigenvalue weighted by Gasteiger charge is -2.45. The summed E-state index contributed by atoms with van der Waals surface area (Å²) in [5, 5.41) is 13.2. The van der Waals surface area contributed by atoms with Crippen molar-refractivity contribution >= 4 is 23.4 Å². The summed E-state index contributed by atoms with van der Waals surface area (Å²) in [7, 11) is 0. The fourth-order valence-electron chi connectivity index (χ4n) is 7.28. The molecule has 0 spiro atoms. The van der Waals surface area contributed by atoms with Crippen molar-refractivity contribution in [3.05, 3.63) is 105 Å². The highest BCUT2D eigenvalue weighted by atomic mass is 19.1. The van der Waals surface area contributed by atoms with Crippen molar-refractivity contribution in [2.24, 2.45) is 5.41 Å². The lowest BCUT2D eigenvalue weighted by atomic mass is 9.82. The number of fused-ring (bicyclic) bond motifs is 2. The van der Waals surface area contributed by atoms with Crippen molar-refractivity contribution in [2.75, 3.05) is 19.7 Å². The average Bonchev–Trinajstić information content (AvgIpc) is 3.94. The summed E-state index contributed by atoms with van der Waals surface area (Å²) in [6.45, 7) is 11.0. The number of carboxylic acids is 1. The van der Waals surface area contributed by atoms with E-state index >= 15 is 0 Å². The number of carbonyl (C=O) groups excluding carboxylic acids is 2. The number of nitrogens with one attached hydrogen (secondary N) is 1. The molecular weight excluding hydrogens is 645 g/mol. The van der Waals surface area contributed by atoms with Crippen molar-refractivity contribution in [3.63, 3.8) is 0 Å². The van der Waals surface area contributed by atoms with E-state index < -0.39 is 17.4 Å². The number of nitrogens with zero attached hydrogens (tertiary/aromatic N) is 2. The van der Waals surface area contributed by atoms with Gasteiger partial charge in [-0.3, -0.25) is 14.4 Å². The molecule has 2 fully saturated rings. The van der Waals surface area contributed by atoms with Gasteiger partial charge in [-0.15, -0.1) is 0 Å². The van der Waals surface area contributed by atoms with Gasteiger partial charge < -0.3 is 25.0 Å². The summed E-state index contributed by atoms with van der Waals surface area (Å²) in [5.74, 6) is -0.596. The van der Waals surface area contributed by atoms with Crippen molar-refractivity contribution in [2.45, 2.75) is 97.8 Å². The number of aliphatic carboxylic acids is 1. The standard InChI is InChI=1S/C42H50FN3O5/c1-26-20-27(2)28(3)37(21-26)51-19-17-29-10-12-30(13-11-29)34-22-32-24-45(38(47)16-18-42(4,5)41(49)50)25-36(44-32)39(34)40(48)46(33-14-15-33)23-31-8-6-7-9-35(31)43/h6-13,20-21,32-33,36,44H,14-19,22-25H2,1-5H3,(H,49,50). The molecule has 2 N–H and O–H groups in total. The molecule has 0 radical (unpaired) electrons. The molecule has 0 aromatic heterocycles. The second kappa shape index (κ2) is 15.0. The summed E-state index contributed by atoms with van der Waals surface area (Å²) in [6.07, 6.45) is 3.37. The molecule has 1 saturated heterocycles. The fraction of sp³-hybridized carbons (Fsp3) is 0.452. The lowest BCUT2D eigenvalue weighted by Crippen LogP contribution is -2.62. The predicted molar refractivity (Wildman–Crippen MR) is 196 cm³/mol. The first-order valence-corrected chi connectivity index (χ1v) is 18.2. The van der Waals surface area contributed by atoms with Gasteiger partial charge >= 0.3 is 5.97 Å². The maximum atomic E-state index is 14.9. The van der Waals surface area contributed by atoms with Gasteiger partial charge in [-0.05, 0) is 106 Å². The summed E-state index contributed by atoms with van der Waals surface area (Å²) < 4.78 is 21.0. The van der Waals surface area contributed by atoms with Crippen LogP contribution in [0.2, 0.25) is 0 Å². The van der Waals surface area contributed by atoms with Gasteiger partial charge in [0.2, 0.25) is 5.91 Å². The van der Waals surface area contributed by atoms with Crippen LogP contribution in [0.15, 0.2) is 66.2 Å². The monoisotopic (exact) mass is 695 g/mol. The number of rotatable bonds is 13. The Hall–Kier alpha value is -4.50. The van der Waals surface area contributed by atoms with Gasteiger partial charge in [-0.25, -0.2) is 4.39 Å². The van der Waals surface area contributed by atoms with Crippen LogP contribution in [-0.2, 0) is 27.3 Å². The number of benzene rings is 3.